The summed E-state index contributed by atoms with van der Waals surface area (Å²) in [6.07, 6.45) is 5.21. The molecule has 0 unspecified atom stereocenters. The fraction of sp³-hybridized carbons (Fsp3) is 0.296. The van der Waals surface area contributed by atoms with Gasteiger partial charge >= 0.3 is 0 Å². The maximum atomic E-state index is 13.0. The number of aromatic nitrogens is 1. The Labute approximate surface area is 208 Å². The number of para-hydroxylation sites is 1. The highest BCUT2D eigenvalue weighted by Crippen LogP contribution is 2.34. The fourth-order valence-corrected chi connectivity index (χ4v) is 5.36. The first-order valence-electron chi connectivity index (χ1n) is 11.8. The zero-order chi connectivity index (χ0) is 24.2. The summed E-state index contributed by atoms with van der Waals surface area (Å²) in [5, 5.41) is 0.707. The van der Waals surface area contributed by atoms with E-state index in [-0.39, 0.29) is 23.6 Å². The number of ether oxygens (including phenoxy) is 1. The largest absolute Gasteiger partial charge is 0.378 e. The number of fused-ring (bicyclic) bond motifs is 1. The second kappa shape index (κ2) is 10.5. The third kappa shape index (κ3) is 5.18. The summed E-state index contributed by atoms with van der Waals surface area (Å²) in [4.78, 5) is 42.0. The highest BCUT2D eigenvalue weighted by Gasteiger charge is 2.34. The van der Waals surface area contributed by atoms with Crippen molar-refractivity contribution in [2.24, 2.45) is 0 Å². The van der Waals surface area contributed by atoms with Gasteiger partial charge in [-0.3, -0.25) is 19.3 Å². The molecule has 3 amide bonds. The minimum atomic E-state index is -0.255. The van der Waals surface area contributed by atoms with Gasteiger partial charge in [-0.05, 0) is 42.3 Å². The Kier molecular flexibility index (Phi) is 7.01. The molecule has 0 N–H and O–H groups in total. The Morgan fingerprint density at radius 3 is 2.54 bits per heavy atom. The monoisotopic (exact) mass is 489 g/mol. The van der Waals surface area contributed by atoms with E-state index < -0.39 is 0 Å². The molecule has 8 heteroatoms. The lowest BCUT2D eigenvalue weighted by atomic mass is 10.1. The fourth-order valence-electron chi connectivity index (χ4n) is 4.50. The number of carbonyl (C=O) groups is 3. The number of carbonyl (C=O) groups excluding carboxylic acids is 3. The minimum Gasteiger partial charge on any atom is -0.378 e. The Bertz CT molecular complexity index is 1280. The number of imide groups is 1. The Morgan fingerprint density at radius 1 is 1.00 bits per heavy atom. The molecule has 0 saturated carbocycles. The molecule has 180 valence electrons. The van der Waals surface area contributed by atoms with Crippen LogP contribution in [0.4, 0.5) is 4.79 Å². The molecule has 0 aliphatic carbocycles. The SMILES string of the molecule is O=C(Cn1cc(/C=C2\SC(=O)N(CCCc3ccccc3)C2=O)c2ccccc21)N1CCOCC1. The number of benzene rings is 2. The van der Waals surface area contributed by atoms with Crippen LogP contribution in [0, 0.1) is 0 Å². The summed E-state index contributed by atoms with van der Waals surface area (Å²) in [7, 11) is 0. The van der Waals surface area contributed by atoms with Gasteiger partial charge in [-0.25, -0.2) is 0 Å². The van der Waals surface area contributed by atoms with Crippen LogP contribution in [0.3, 0.4) is 0 Å². The van der Waals surface area contributed by atoms with Gasteiger partial charge in [-0.1, -0.05) is 48.5 Å². The topological polar surface area (TPSA) is 71.9 Å². The van der Waals surface area contributed by atoms with Crippen molar-refractivity contribution in [3.63, 3.8) is 0 Å². The van der Waals surface area contributed by atoms with Gasteiger partial charge in [0.1, 0.15) is 6.54 Å². The number of thioether (sulfide) groups is 1. The van der Waals surface area contributed by atoms with Crippen molar-refractivity contribution in [3.05, 3.63) is 76.8 Å². The lowest BCUT2D eigenvalue weighted by Gasteiger charge is -2.27. The predicted octanol–water partition coefficient (Wildman–Crippen LogP) is 4.17. The molecule has 2 saturated heterocycles. The average molecular weight is 490 g/mol. The third-order valence-corrected chi connectivity index (χ3v) is 7.25. The number of morpholine rings is 1. The molecular formula is C27H27N3O4S. The number of hydrogen-bond donors (Lipinski definition) is 0. The molecule has 2 aliphatic heterocycles. The van der Waals surface area contributed by atoms with Crippen LogP contribution in [-0.2, 0) is 27.3 Å². The first-order valence-corrected chi connectivity index (χ1v) is 12.6. The van der Waals surface area contributed by atoms with Gasteiger partial charge in [0.25, 0.3) is 11.1 Å². The summed E-state index contributed by atoms with van der Waals surface area (Å²) >= 11 is 0.978. The van der Waals surface area contributed by atoms with Gasteiger partial charge < -0.3 is 14.2 Å². The zero-order valence-electron chi connectivity index (χ0n) is 19.4. The molecule has 1 aromatic heterocycles. The minimum absolute atomic E-state index is 0.0411. The smallest absolute Gasteiger partial charge is 0.293 e. The molecule has 2 fully saturated rings. The average Bonchev–Trinajstić information content (AvgIpc) is 3.37. The van der Waals surface area contributed by atoms with Crippen molar-refractivity contribution >= 4 is 45.8 Å². The maximum absolute atomic E-state index is 13.0. The van der Waals surface area contributed by atoms with Gasteiger partial charge in [0.2, 0.25) is 5.91 Å². The second-order valence-electron chi connectivity index (χ2n) is 8.65. The molecule has 0 atom stereocenters. The van der Waals surface area contributed by atoms with Crippen LogP contribution in [0.2, 0.25) is 0 Å². The van der Waals surface area contributed by atoms with Crippen LogP contribution in [0.1, 0.15) is 17.5 Å². The second-order valence-corrected chi connectivity index (χ2v) is 9.64. The molecule has 35 heavy (non-hydrogen) atoms. The lowest BCUT2D eigenvalue weighted by Crippen LogP contribution is -2.42. The number of nitrogens with zero attached hydrogens (tertiary/aromatic N) is 3. The molecule has 3 aromatic rings. The van der Waals surface area contributed by atoms with Gasteiger partial charge in [-0.2, -0.15) is 0 Å². The first-order chi connectivity index (χ1) is 17.1. The van der Waals surface area contributed by atoms with E-state index in [1.165, 1.54) is 10.5 Å². The summed E-state index contributed by atoms with van der Waals surface area (Å²) in [5.74, 6) is -0.214. The van der Waals surface area contributed by atoms with E-state index in [0.717, 1.165) is 41.1 Å². The Hall–Kier alpha value is -3.36. The summed E-state index contributed by atoms with van der Waals surface area (Å²) < 4.78 is 7.27. The van der Waals surface area contributed by atoms with Gasteiger partial charge in [0, 0.05) is 42.3 Å². The van der Waals surface area contributed by atoms with Gasteiger partial charge in [-0.15, -0.1) is 0 Å². The number of hydrogen-bond acceptors (Lipinski definition) is 5. The van der Waals surface area contributed by atoms with Crippen molar-refractivity contribution in [2.45, 2.75) is 19.4 Å². The maximum Gasteiger partial charge on any atom is 0.293 e. The van der Waals surface area contributed by atoms with E-state index in [9.17, 15) is 14.4 Å². The van der Waals surface area contributed by atoms with Crippen LogP contribution < -0.4 is 0 Å². The van der Waals surface area contributed by atoms with Crippen molar-refractivity contribution in [2.75, 3.05) is 32.8 Å². The summed E-state index contributed by atoms with van der Waals surface area (Å²) in [6.45, 7) is 2.93. The van der Waals surface area contributed by atoms with E-state index >= 15 is 0 Å². The van der Waals surface area contributed by atoms with Crippen LogP contribution in [0.15, 0.2) is 65.7 Å². The predicted molar refractivity (Wildman–Crippen MR) is 137 cm³/mol. The van der Waals surface area contributed by atoms with Crippen molar-refractivity contribution in [1.82, 2.24) is 14.4 Å². The molecule has 2 aromatic carbocycles. The highest BCUT2D eigenvalue weighted by atomic mass is 32.2. The summed E-state index contributed by atoms with van der Waals surface area (Å²) in [6, 6.07) is 17.9. The van der Waals surface area contributed by atoms with Crippen molar-refractivity contribution in [3.8, 4) is 0 Å². The van der Waals surface area contributed by atoms with E-state index in [4.69, 9.17) is 4.74 Å². The van der Waals surface area contributed by atoms with Gasteiger partial charge in [0.15, 0.2) is 0 Å². The number of aryl methyl sites for hydroxylation is 1. The molecule has 0 radical (unpaired) electrons. The van der Waals surface area contributed by atoms with Gasteiger partial charge in [0.05, 0.1) is 18.1 Å². The number of rotatable bonds is 7. The van der Waals surface area contributed by atoms with E-state index in [1.807, 2.05) is 70.3 Å². The number of amides is 3. The molecule has 2 aliphatic rings. The summed E-state index contributed by atoms with van der Waals surface area (Å²) in [5.41, 5.74) is 2.93. The van der Waals surface area contributed by atoms with E-state index in [2.05, 4.69) is 0 Å². The van der Waals surface area contributed by atoms with Crippen LogP contribution >= 0.6 is 11.8 Å². The first kappa shape index (κ1) is 23.4. The van der Waals surface area contributed by atoms with E-state index in [0.29, 0.717) is 37.8 Å². The van der Waals surface area contributed by atoms with Crippen LogP contribution in [-0.4, -0.2) is 64.3 Å². The molecule has 7 nitrogen and oxygen atoms in total. The molecule has 0 bridgehead atoms. The Morgan fingerprint density at radius 2 is 1.74 bits per heavy atom. The molecular weight excluding hydrogens is 462 g/mol. The standard InChI is InChI=1S/C27H27N3O4S/c31-25(28-13-15-34-16-14-28)19-29-18-21(22-10-4-5-11-23(22)29)17-24-26(32)30(27(33)35-24)12-6-9-20-7-2-1-3-8-20/h1-5,7-8,10-11,17-18H,6,9,12-16,19H2/b24-17-. The van der Waals surface area contributed by atoms with Crippen LogP contribution in [0.25, 0.3) is 17.0 Å². The zero-order valence-corrected chi connectivity index (χ0v) is 20.2. The van der Waals surface area contributed by atoms with Crippen molar-refractivity contribution < 1.29 is 19.1 Å². The molecule has 0 spiro atoms. The Balaban J connectivity index is 1.32. The third-order valence-electron chi connectivity index (χ3n) is 6.34. The lowest BCUT2D eigenvalue weighted by molar-refractivity contribution is -0.135. The quantitative estimate of drug-likeness (QED) is 0.466. The van der Waals surface area contributed by atoms with E-state index in [1.54, 1.807) is 6.08 Å². The molecule has 5 rings (SSSR count). The normalized spacial score (nSPS) is 17.7. The van der Waals surface area contributed by atoms with Crippen LogP contribution in [0.5, 0.6) is 0 Å². The van der Waals surface area contributed by atoms with Crippen molar-refractivity contribution in [1.29, 1.82) is 0 Å². The highest BCUT2D eigenvalue weighted by molar-refractivity contribution is 8.18. The molecule has 3 heterocycles.